The fraction of sp³-hybridized carbons (Fsp3) is 0.562. The zero-order valence-corrected chi connectivity index (χ0v) is 15.4. The van der Waals surface area contributed by atoms with E-state index < -0.39 is 0 Å². The predicted octanol–water partition coefficient (Wildman–Crippen LogP) is 3.75. The zero-order valence-electron chi connectivity index (χ0n) is 13.0. The number of carbonyl (C=O) groups is 1. The monoisotopic (exact) mass is 362 g/mol. The van der Waals surface area contributed by atoms with E-state index in [1.165, 1.54) is 11.8 Å². The highest BCUT2D eigenvalue weighted by molar-refractivity contribution is 8.00. The Kier molecular flexibility index (Phi) is 8.04. The Morgan fingerprint density at radius 1 is 1.41 bits per heavy atom. The van der Waals surface area contributed by atoms with Crippen LogP contribution in [0.15, 0.2) is 29.2 Å². The predicted molar refractivity (Wildman–Crippen MR) is 97.2 cm³/mol. The molecule has 1 aromatic rings. The second-order valence-corrected chi connectivity index (χ2v) is 7.76. The van der Waals surface area contributed by atoms with Crippen molar-refractivity contribution in [3.05, 3.63) is 29.3 Å². The maximum absolute atomic E-state index is 12.3. The molecule has 0 spiro atoms. The highest BCUT2D eigenvalue weighted by atomic mass is 35.5. The molecule has 6 heteroatoms. The van der Waals surface area contributed by atoms with Crippen molar-refractivity contribution in [3.63, 3.8) is 0 Å². The topological polar surface area (TPSA) is 41.1 Å². The van der Waals surface area contributed by atoms with Gasteiger partial charge in [0.05, 0.1) is 10.3 Å². The summed E-state index contributed by atoms with van der Waals surface area (Å²) in [7, 11) is 0. The minimum absolute atomic E-state index is 0. The summed E-state index contributed by atoms with van der Waals surface area (Å²) in [4.78, 5) is 13.2. The molecule has 22 heavy (non-hydrogen) atoms. The van der Waals surface area contributed by atoms with E-state index in [1.807, 2.05) is 31.2 Å². The largest absolute Gasteiger partial charge is 0.355 e. The van der Waals surface area contributed by atoms with E-state index in [0.717, 1.165) is 37.4 Å². The van der Waals surface area contributed by atoms with E-state index in [0.29, 0.717) is 5.02 Å². The van der Waals surface area contributed by atoms with Crippen LogP contribution in [0, 0.1) is 5.41 Å². The van der Waals surface area contributed by atoms with E-state index >= 15 is 0 Å². The molecule has 124 valence electrons. The maximum Gasteiger partial charge on any atom is 0.233 e. The average Bonchev–Trinajstić information content (AvgIpc) is 2.48. The summed E-state index contributed by atoms with van der Waals surface area (Å²) in [5.74, 6) is 0.0830. The minimum Gasteiger partial charge on any atom is -0.355 e. The number of hydrogen-bond acceptors (Lipinski definition) is 3. The van der Waals surface area contributed by atoms with Crippen molar-refractivity contribution in [2.45, 2.75) is 36.8 Å². The molecule has 0 saturated carbocycles. The zero-order chi connectivity index (χ0) is 15.3. The van der Waals surface area contributed by atoms with E-state index in [1.54, 1.807) is 0 Å². The van der Waals surface area contributed by atoms with Crippen LogP contribution in [0.25, 0.3) is 0 Å². The van der Waals surface area contributed by atoms with Crippen LogP contribution in [0.1, 0.15) is 26.7 Å². The van der Waals surface area contributed by atoms with Gasteiger partial charge in [-0.25, -0.2) is 0 Å². The van der Waals surface area contributed by atoms with Gasteiger partial charge in [-0.3, -0.25) is 4.79 Å². The summed E-state index contributed by atoms with van der Waals surface area (Å²) < 4.78 is 0. The second kappa shape index (κ2) is 9.02. The fourth-order valence-electron chi connectivity index (χ4n) is 2.44. The number of piperidine rings is 1. The third-order valence-electron chi connectivity index (χ3n) is 4.01. The lowest BCUT2D eigenvalue weighted by molar-refractivity contribution is -0.120. The molecule has 1 aliphatic heterocycles. The van der Waals surface area contributed by atoms with Gasteiger partial charge in [-0.2, -0.15) is 0 Å². The number of rotatable bonds is 5. The number of nitrogens with one attached hydrogen (secondary N) is 2. The van der Waals surface area contributed by atoms with Crippen molar-refractivity contribution >= 4 is 41.7 Å². The summed E-state index contributed by atoms with van der Waals surface area (Å²) in [6.07, 6.45) is 2.22. The maximum atomic E-state index is 12.3. The summed E-state index contributed by atoms with van der Waals surface area (Å²) >= 11 is 7.64. The van der Waals surface area contributed by atoms with Crippen LogP contribution >= 0.6 is 35.8 Å². The molecule has 1 aromatic carbocycles. The van der Waals surface area contributed by atoms with Crippen LogP contribution in [-0.4, -0.2) is 30.8 Å². The molecule has 2 N–H and O–H groups in total. The molecule has 0 bridgehead atoms. The van der Waals surface area contributed by atoms with Crippen molar-refractivity contribution in [1.82, 2.24) is 10.6 Å². The van der Waals surface area contributed by atoms with Gasteiger partial charge in [-0.1, -0.05) is 30.7 Å². The standard InChI is InChI=1S/C16H23ClN2OS.ClH/c1-12(21-14-6-4-3-5-13(14)17)15(20)19-11-16(2)7-9-18-10-8-16;/h3-6,12,18H,7-11H2,1-2H3,(H,19,20);1H. The summed E-state index contributed by atoms with van der Waals surface area (Å²) in [5, 5.41) is 7.02. The van der Waals surface area contributed by atoms with Crippen molar-refractivity contribution in [2.75, 3.05) is 19.6 Å². The fourth-order valence-corrected chi connectivity index (χ4v) is 3.61. The number of halogens is 2. The van der Waals surface area contributed by atoms with Gasteiger partial charge in [0.25, 0.3) is 0 Å². The highest BCUT2D eigenvalue weighted by Crippen LogP contribution is 2.30. The molecule has 1 fully saturated rings. The van der Waals surface area contributed by atoms with Gasteiger partial charge in [0.2, 0.25) is 5.91 Å². The molecule has 0 aromatic heterocycles. The normalized spacial score (nSPS) is 18.1. The highest BCUT2D eigenvalue weighted by Gasteiger charge is 2.28. The Morgan fingerprint density at radius 2 is 2.05 bits per heavy atom. The Morgan fingerprint density at radius 3 is 2.68 bits per heavy atom. The first kappa shape index (κ1) is 19.6. The molecule has 0 radical (unpaired) electrons. The Balaban J connectivity index is 0.00000242. The SMILES string of the molecule is CC(Sc1ccccc1Cl)C(=O)NCC1(C)CCNCC1.Cl. The Labute approximate surface area is 148 Å². The van der Waals surface area contributed by atoms with Gasteiger partial charge in [0.15, 0.2) is 0 Å². The lowest BCUT2D eigenvalue weighted by atomic mass is 9.81. The lowest BCUT2D eigenvalue weighted by Gasteiger charge is -2.34. The quantitative estimate of drug-likeness (QED) is 0.783. The minimum atomic E-state index is -0.143. The first-order chi connectivity index (χ1) is 10.0. The van der Waals surface area contributed by atoms with Crippen molar-refractivity contribution in [2.24, 2.45) is 5.41 Å². The molecular weight excluding hydrogens is 339 g/mol. The van der Waals surface area contributed by atoms with Gasteiger partial charge < -0.3 is 10.6 Å². The molecule has 1 saturated heterocycles. The number of benzene rings is 1. The second-order valence-electron chi connectivity index (χ2n) is 5.97. The number of thioether (sulfide) groups is 1. The molecule has 1 aliphatic rings. The Hall–Kier alpha value is -0.420. The molecule has 1 unspecified atom stereocenters. The molecule has 3 nitrogen and oxygen atoms in total. The van der Waals surface area contributed by atoms with E-state index in [2.05, 4.69) is 17.6 Å². The van der Waals surface area contributed by atoms with Crippen LogP contribution in [0.4, 0.5) is 0 Å². The van der Waals surface area contributed by atoms with Crippen molar-refractivity contribution in [1.29, 1.82) is 0 Å². The van der Waals surface area contributed by atoms with Gasteiger partial charge in [-0.15, -0.1) is 24.2 Å². The first-order valence-electron chi connectivity index (χ1n) is 7.40. The molecule has 1 atom stereocenters. The summed E-state index contributed by atoms with van der Waals surface area (Å²) in [6, 6.07) is 7.64. The molecular formula is C16H24Cl2N2OS. The van der Waals surface area contributed by atoms with Gasteiger partial charge in [0.1, 0.15) is 0 Å². The van der Waals surface area contributed by atoms with Crippen LogP contribution in [0.2, 0.25) is 5.02 Å². The molecule has 1 amide bonds. The average molecular weight is 363 g/mol. The van der Waals surface area contributed by atoms with Crippen molar-refractivity contribution in [3.8, 4) is 0 Å². The third-order valence-corrected chi connectivity index (χ3v) is 5.63. The van der Waals surface area contributed by atoms with Crippen LogP contribution in [0.5, 0.6) is 0 Å². The van der Waals surface area contributed by atoms with Gasteiger partial charge in [-0.05, 0) is 50.4 Å². The smallest absolute Gasteiger partial charge is 0.233 e. The van der Waals surface area contributed by atoms with Gasteiger partial charge >= 0.3 is 0 Å². The van der Waals surface area contributed by atoms with E-state index in [-0.39, 0.29) is 29.0 Å². The first-order valence-corrected chi connectivity index (χ1v) is 8.66. The van der Waals surface area contributed by atoms with Gasteiger partial charge in [0, 0.05) is 11.4 Å². The summed E-state index contributed by atoms with van der Waals surface area (Å²) in [6.45, 7) is 7.00. The number of hydrogen-bond donors (Lipinski definition) is 2. The third kappa shape index (κ3) is 5.65. The van der Waals surface area contributed by atoms with Crippen molar-refractivity contribution < 1.29 is 4.79 Å². The van der Waals surface area contributed by atoms with Crippen LogP contribution < -0.4 is 10.6 Å². The molecule has 1 heterocycles. The van der Waals surface area contributed by atoms with E-state index in [9.17, 15) is 4.79 Å². The molecule has 2 rings (SSSR count). The molecule has 0 aliphatic carbocycles. The van der Waals surface area contributed by atoms with Crippen LogP contribution in [0.3, 0.4) is 0 Å². The summed E-state index contributed by atoms with van der Waals surface area (Å²) in [5.41, 5.74) is 0.218. The van der Waals surface area contributed by atoms with Crippen LogP contribution in [-0.2, 0) is 4.79 Å². The number of carbonyl (C=O) groups excluding carboxylic acids is 1. The Bertz CT molecular complexity index is 493. The van der Waals surface area contributed by atoms with E-state index in [4.69, 9.17) is 11.6 Å². The lowest BCUT2D eigenvalue weighted by Crippen LogP contribution is -2.44. The number of amides is 1.